The number of benzene rings is 1. The van der Waals surface area contributed by atoms with Crippen LogP contribution in [-0.4, -0.2) is 62.0 Å². The lowest BCUT2D eigenvalue weighted by atomic mass is 9.93. The monoisotopic (exact) mass is 503 g/mol. The van der Waals surface area contributed by atoms with E-state index in [9.17, 15) is 22.4 Å². The Morgan fingerprint density at radius 1 is 1.25 bits per heavy atom. The van der Waals surface area contributed by atoms with E-state index in [0.717, 1.165) is 12.4 Å². The van der Waals surface area contributed by atoms with Crippen LogP contribution in [0.4, 0.5) is 29.1 Å². The molecule has 14 heteroatoms. The number of hydrogen-bond donors (Lipinski definition) is 2. The summed E-state index contributed by atoms with van der Waals surface area (Å²) in [5.41, 5.74) is 9.60. The number of halogens is 4. The van der Waals surface area contributed by atoms with Gasteiger partial charge in [-0.3, -0.25) is 4.79 Å². The molecular weight excluding hydrogens is 482 g/mol. The summed E-state index contributed by atoms with van der Waals surface area (Å²) in [4.78, 5) is 28.0. The normalized spacial score (nSPS) is 20.6. The number of hydrogen-bond acceptors (Lipinski definition) is 8. The molecule has 0 spiro atoms. The van der Waals surface area contributed by atoms with Crippen molar-refractivity contribution in [2.75, 3.05) is 36.8 Å². The fourth-order valence-corrected chi connectivity index (χ4v) is 4.81. The van der Waals surface area contributed by atoms with Gasteiger partial charge in [0.1, 0.15) is 23.2 Å². The van der Waals surface area contributed by atoms with Crippen molar-refractivity contribution in [3.8, 4) is 6.07 Å². The first-order valence-electron chi connectivity index (χ1n) is 11.0. The van der Waals surface area contributed by atoms with Crippen molar-refractivity contribution in [3.05, 3.63) is 41.7 Å². The quantitative estimate of drug-likeness (QED) is 0.510. The van der Waals surface area contributed by atoms with Crippen LogP contribution in [-0.2, 0) is 17.5 Å². The van der Waals surface area contributed by atoms with E-state index in [1.165, 1.54) is 21.9 Å². The van der Waals surface area contributed by atoms with Crippen molar-refractivity contribution in [3.63, 3.8) is 0 Å². The standard InChI is InChI=1S/C22H21F4N9O/c23-14-1-2-15(33-4-3-21(29,9-33)20(36)34-6-12(5-27)7-34)13(16(14)22(24,25)26)8-35-11-32-17-18(28)30-10-31-19(17)35/h1-2,10-12H,3-4,6-9,29H2,(H2,28,30,31)/t21-/m1/s1. The van der Waals surface area contributed by atoms with Crippen molar-refractivity contribution in [2.45, 2.75) is 24.7 Å². The molecule has 2 aliphatic heterocycles. The first kappa shape index (κ1) is 23.7. The molecule has 36 heavy (non-hydrogen) atoms. The summed E-state index contributed by atoms with van der Waals surface area (Å²) in [6.07, 6.45) is -2.37. The fourth-order valence-electron chi connectivity index (χ4n) is 4.81. The van der Waals surface area contributed by atoms with E-state index in [-0.39, 0.29) is 72.7 Å². The Bertz CT molecular complexity index is 1390. The minimum atomic E-state index is -4.99. The third kappa shape index (κ3) is 3.85. The van der Waals surface area contributed by atoms with Crippen LogP contribution >= 0.6 is 0 Å². The SMILES string of the molecule is N#CC1CN(C(=O)[C@@]2(N)CCN(c3ccc(F)c(C(F)(F)F)c3Cn3cnc4c(N)ncnc43)C2)C1. The van der Waals surface area contributed by atoms with Crippen molar-refractivity contribution in [1.82, 2.24) is 24.4 Å². The van der Waals surface area contributed by atoms with E-state index in [0.29, 0.717) is 0 Å². The zero-order valence-electron chi connectivity index (χ0n) is 18.8. The zero-order chi connectivity index (χ0) is 25.8. The number of carbonyl (C=O) groups is 1. The third-order valence-corrected chi connectivity index (χ3v) is 6.70. The first-order valence-corrected chi connectivity index (χ1v) is 11.0. The number of alkyl halides is 3. The highest BCUT2D eigenvalue weighted by atomic mass is 19.4. The number of amides is 1. The molecule has 0 bridgehead atoms. The number of nitriles is 1. The van der Waals surface area contributed by atoms with Gasteiger partial charge in [-0.2, -0.15) is 18.4 Å². The number of carbonyl (C=O) groups excluding carboxylic acids is 1. The van der Waals surface area contributed by atoms with Gasteiger partial charge in [0.15, 0.2) is 11.5 Å². The van der Waals surface area contributed by atoms with Crippen molar-refractivity contribution < 1.29 is 22.4 Å². The second-order valence-electron chi connectivity index (χ2n) is 9.09. The molecule has 1 atom stereocenters. The molecule has 4 N–H and O–H groups in total. The molecule has 188 valence electrons. The van der Waals surface area contributed by atoms with Crippen LogP contribution in [0.5, 0.6) is 0 Å². The van der Waals surface area contributed by atoms with Crippen LogP contribution in [0.3, 0.4) is 0 Å². The van der Waals surface area contributed by atoms with Gasteiger partial charge in [-0.15, -0.1) is 0 Å². The molecule has 2 aromatic heterocycles. The van der Waals surface area contributed by atoms with Gasteiger partial charge in [0.25, 0.3) is 0 Å². The number of imidazole rings is 1. The molecule has 10 nitrogen and oxygen atoms in total. The van der Waals surface area contributed by atoms with Gasteiger partial charge in [-0.05, 0) is 18.6 Å². The predicted octanol–water partition coefficient (Wildman–Crippen LogP) is 1.50. The minimum Gasteiger partial charge on any atom is -0.382 e. The molecule has 0 unspecified atom stereocenters. The highest BCUT2D eigenvalue weighted by molar-refractivity contribution is 5.88. The Kier molecular flexibility index (Phi) is 5.47. The Morgan fingerprint density at radius 3 is 2.69 bits per heavy atom. The molecule has 0 radical (unpaired) electrons. The van der Waals surface area contributed by atoms with E-state index < -0.39 is 29.6 Å². The highest BCUT2D eigenvalue weighted by Gasteiger charge is 2.47. The maximum atomic E-state index is 14.6. The van der Waals surface area contributed by atoms with Gasteiger partial charge in [0.05, 0.1) is 30.4 Å². The molecule has 0 saturated carbocycles. The predicted molar refractivity (Wildman–Crippen MR) is 120 cm³/mol. The Balaban J connectivity index is 1.52. The number of aromatic nitrogens is 4. The molecule has 2 saturated heterocycles. The molecule has 1 aromatic carbocycles. The van der Waals surface area contributed by atoms with Gasteiger partial charge in [-0.1, -0.05) is 0 Å². The summed E-state index contributed by atoms with van der Waals surface area (Å²) in [5.74, 6) is -1.97. The van der Waals surface area contributed by atoms with Gasteiger partial charge < -0.3 is 25.8 Å². The number of anilines is 2. The van der Waals surface area contributed by atoms with E-state index in [1.807, 2.05) is 0 Å². The van der Waals surface area contributed by atoms with E-state index in [1.54, 1.807) is 4.90 Å². The van der Waals surface area contributed by atoms with Gasteiger partial charge in [0, 0.05) is 37.4 Å². The van der Waals surface area contributed by atoms with Crippen molar-refractivity contribution in [1.29, 1.82) is 5.26 Å². The molecule has 5 rings (SSSR count). The van der Waals surface area contributed by atoms with Crippen molar-refractivity contribution >= 4 is 28.6 Å². The van der Waals surface area contributed by atoms with E-state index in [2.05, 4.69) is 21.0 Å². The number of nitrogen functional groups attached to an aromatic ring is 1. The smallest absolute Gasteiger partial charge is 0.382 e. The maximum Gasteiger partial charge on any atom is 0.419 e. The summed E-state index contributed by atoms with van der Waals surface area (Å²) < 4.78 is 58.1. The average Bonchev–Trinajstić information content (AvgIpc) is 3.38. The molecular formula is C22H21F4N9O. The molecule has 0 aliphatic carbocycles. The highest BCUT2D eigenvalue weighted by Crippen LogP contribution is 2.41. The zero-order valence-corrected chi connectivity index (χ0v) is 18.8. The maximum absolute atomic E-state index is 14.6. The largest absolute Gasteiger partial charge is 0.419 e. The Hall–Kier alpha value is -3.99. The molecule has 1 amide bonds. The lowest BCUT2D eigenvalue weighted by Crippen LogP contribution is -2.62. The molecule has 3 aromatic rings. The number of fused-ring (bicyclic) bond motifs is 1. The molecule has 2 fully saturated rings. The van der Waals surface area contributed by atoms with Gasteiger partial charge in [-0.25, -0.2) is 19.3 Å². The summed E-state index contributed by atoms with van der Waals surface area (Å²) >= 11 is 0. The summed E-state index contributed by atoms with van der Waals surface area (Å²) in [6.45, 7) is 0.260. The van der Waals surface area contributed by atoms with Crippen LogP contribution in [0, 0.1) is 23.1 Å². The van der Waals surface area contributed by atoms with Crippen LogP contribution in [0.2, 0.25) is 0 Å². The Labute approximate surface area is 202 Å². The third-order valence-electron chi connectivity index (χ3n) is 6.70. The number of nitrogens with two attached hydrogens (primary N) is 2. The number of likely N-dealkylation sites (tertiary alicyclic amines) is 1. The van der Waals surface area contributed by atoms with Crippen molar-refractivity contribution in [2.24, 2.45) is 11.7 Å². The van der Waals surface area contributed by atoms with Crippen LogP contribution in [0.25, 0.3) is 11.2 Å². The second-order valence-corrected chi connectivity index (χ2v) is 9.09. The van der Waals surface area contributed by atoms with Crippen LogP contribution < -0.4 is 16.4 Å². The fraction of sp³-hybridized carbons (Fsp3) is 0.409. The van der Waals surface area contributed by atoms with E-state index in [4.69, 9.17) is 16.7 Å². The number of rotatable bonds is 4. The lowest BCUT2D eigenvalue weighted by Gasteiger charge is -2.40. The Morgan fingerprint density at radius 2 is 2.00 bits per heavy atom. The average molecular weight is 503 g/mol. The summed E-state index contributed by atoms with van der Waals surface area (Å²) in [7, 11) is 0. The lowest BCUT2D eigenvalue weighted by molar-refractivity contribution is -0.142. The van der Waals surface area contributed by atoms with Gasteiger partial charge in [0.2, 0.25) is 5.91 Å². The van der Waals surface area contributed by atoms with E-state index >= 15 is 0 Å². The molecule has 2 aliphatic rings. The van der Waals surface area contributed by atoms with Crippen LogP contribution in [0.15, 0.2) is 24.8 Å². The van der Waals surface area contributed by atoms with Crippen LogP contribution in [0.1, 0.15) is 17.5 Å². The summed E-state index contributed by atoms with van der Waals surface area (Å²) in [6, 6.07) is 4.10. The summed E-state index contributed by atoms with van der Waals surface area (Å²) in [5, 5.41) is 8.97. The topological polar surface area (TPSA) is 143 Å². The minimum absolute atomic E-state index is 0.0601. The second kappa shape index (κ2) is 8.30. The van der Waals surface area contributed by atoms with Gasteiger partial charge >= 0.3 is 6.18 Å². The first-order chi connectivity index (χ1) is 17.0. The number of nitrogens with zero attached hydrogens (tertiary/aromatic N) is 7. The molecule has 4 heterocycles.